The summed E-state index contributed by atoms with van der Waals surface area (Å²) in [6.07, 6.45) is -0.157. The average molecular weight is 452 g/mol. The van der Waals surface area contributed by atoms with E-state index in [-0.39, 0.29) is 18.0 Å². The highest BCUT2D eigenvalue weighted by atomic mass is 35.5. The first kappa shape index (κ1) is 23.0. The number of rotatable bonds is 10. The van der Waals surface area contributed by atoms with Gasteiger partial charge in [-0.2, -0.15) is 0 Å². The van der Waals surface area contributed by atoms with Gasteiger partial charge in [0.1, 0.15) is 11.8 Å². The molecule has 0 heterocycles. The first-order chi connectivity index (χ1) is 15.5. The van der Waals surface area contributed by atoms with Gasteiger partial charge in [0.05, 0.1) is 12.8 Å². The van der Waals surface area contributed by atoms with Gasteiger partial charge in [0, 0.05) is 22.6 Å². The molecule has 0 spiro atoms. The summed E-state index contributed by atoms with van der Waals surface area (Å²) in [4.78, 5) is 37.9. The number of hydrogen-bond donors (Lipinski definition) is 1. The van der Waals surface area contributed by atoms with Crippen LogP contribution in [0.4, 0.5) is 5.69 Å². The number of Topliss-reactive ketones (excluding diaryl/α,β-unsaturated/α-hetero) is 2. The third-order valence-electron chi connectivity index (χ3n) is 4.72. The van der Waals surface area contributed by atoms with Crippen LogP contribution in [0.5, 0.6) is 5.75 Å². The molecular formula is C25H22ClNO5. The minimum absolute atomic E-state index is 0.157. The number of ketones is 2. The second-order valence-electron chi connectivity index (χ2n) is 6.93. The fourth-order valence-electron chi connectivity index (χ4n) is 3.03. The largest absolute Gasteiger partial charge is 0.495 e. The number of methoxy groups -OCH3 is 1. The van der Waals surface area contributed by atoms with Crippen LogP contribution in [0.2, 0.25) is 5.02 Å². The number of benzene rings is 3. The molecule has 164 valence electrons. The van der Waals surface area contributed by atoms with Gasteiger partial charge in [0.25, 0.3) is 0 Å². The van der Waals surface area contributed by atoms with Crippen molar-refractivity contribution in [3.05, 3.63) is 95.0 Å². The van der Waals surface area contributed by atoms with Crippen LogP contribution in [0.25, 0.3) is 0 Å². The normalized spacial score (nSPS) is 11.3. The molecule has 0 aliphatic carbocycles. The number of ether oxygens (including phenoxy) is 2. The lowest BCUT2D eigenvalue weighted by Crippen LogP contribution is -2.35. The van der Waals surface area contributed by atoms with Gasteiger partial charge in [-0.3, -0.25) is 9.59 Å². The second kappa shape index (κ2) is 11.1. The maximum Gasteiger partial charge on any atom is 0.329 e. The summed E-state index contributed by atoms with van der Waals surface area (Å²) < 4.78 is 10.6. The van der Waals surface area contributed by atoms with Crippen LogP contribution in [-0.4, -0.2) is 37.3 Å². The predicted octanol–water partition coefficient (Wildman–Crippen LogP) is 4.83. The molecule has 0 aliphatic heterocycles. The molecule has 3 aromatic rings. The monoisotopic (exact) mass is 451 g/mol. The molecule has 0 radical (unpaired) electrons. The van der Waals surface area contributed by atoms with E-state index in [1.165, 1.54) is 7.11 Å². The first-order valence-corrected chi connectivity index (χ1v) is 10.3. The Kier molecular flexibility index (Phi) is 8.00. The van der Waals surface area contributed by atoms with E-state index in [2.05, 4.69) is 5.32 Å². The van der Waals surface area contributed by atoms with Crippen LogP contribution < -0.4 is 10.1 Å². The van der Waals surface area contributed by atoms with E-state index in [1.54, 1.807) is 78.9 Å². The van der Waals surface area contributed by atoms with Crippen molar-refractivity contribution < 1.29 is 23.9 Å². The average Bonchev–Trinajstić information content (AvgIpc) is 2.83. The molecule has 0 unspecified atom stereocenters. The Morgan fingerprint density at radius 3 is 2.16 bits per heavy atom. The number of carbonyl (C=O) groups excluding carboxylic acids is 3. The molecule has 0 aromatic heterocycles. The van der Waals surface area contributed by atoms with Crippen LogP contribution in [0.15, 0.2) is 78.9 Å². The summed E-state index contributed by atoms with van der Waals surface area (Å²) in [6.45, 7) is -0.454. The van der Waals surface area contributed by atoms with Gasteiger partial charge < -0.3 is 14.8 Å². The second-order valence-corrected chi connectivity index (χ2v) is 7.36. The van der Waals surface area contributed by atoms with Gasteiger partial charge in [0.2, 0.25) is 0 Å². The molecule has 0 fully saturated rings. The number of hydrogen-bond acceptors (Lipinski definition) is 6. The molecule has 0 saturated carbocycles. The van der Waals surface area contributed by atoms with Crippen LogP contribution >= 0.6 is 11.6 Å². The van der Waals surface area contributed by atoms with Crippen molar-refractivity contribution in [1.82, 2.24) is 0 Å². The quantitative estimate of drug-likeness (QED) is 0.351. The highest BCUT2D eigenvalue weighted by Gasteiger charge is 2.26. The van der Waals surface area contributed by atoms with Gasteiger partial charge in [-0.25, -0.2) is 4.79 Å². The topological polar surface area (TPSA) is 81.7 Å². The zero-order valence-corrected chi connectivity index (χ0v) is 18.2. The van der Waals surface area contributed by atoms with E-state index in [1.807, 2.05) is 0 Å². The summed E-state index contributed by atoms with van der Waals surface area (Å²) >= 11 is 5.84. The fraction of sp³-hybridized carbons (Fsp3) is 0.160. The lowest BCUT2D eigenvalue weighted by Gasteiger charge is -2.19. The summed E-state index contributed by atoms with van der Waals surface area (Å²) in [5.41, 5.74) is 1.38. The molecular weight excluding hydrogens is 430 g/mol. The first-order valence-electron chi connectivity index (χ1n) is 9.91. The molecule has 6 nitrogen and oxygen atoms in total. The van der Waals surface area contributed by atoms with Crippen molar-refractivity contribution in [3.8, 4) is 5.75 Å². The number of para-hydroxylation sites is 2. The molecule has 0 bridgehead atoms. The Balaban J connectivity index is 1.74. The number of nitrogens with one attached hydrogen (secondary N) is 1. The molecule has 3 aromatic carbocycles. The highest BCUT2D eigenvalue weighted by molar-refractivity contribution is 6.30. The summed E-state index contributed by atoms with van der Waals surface area (Å²) in [5.74, 6) is -0.823. The molecule has 0 saturated heterocycles. The van der Waals surface area contributed by atoms with Crippen molar-refractivity contribution in [2.24, 2.45) is 0 Å². The summed E-state index contributed by atoms with van der Waals surface area (Å²) in [5, 5.41) is 3.52. The Morgan fingerprint density at radius 2 is 1.47 bits per heavy atom. The maximum absolute atomic E-state index is 12.9. The van der Waals surface area contributed by atoms with Crippen molar-refractivity contribution in [1.29, 1.82) is 0 Å². The number of anilines is 1. The fourth-order valence-corrected chi connectivity index (χ4v) is 3.15. The third kappa shape index (κ3) is 6.18. The van der Waals surface area contributed by atoms with Gasteiger partial charge in [-0.15, -0.1) is 0 Å². The molecule has 1 atom stereocenters. The lowest BCUT2D eigenvalue weighted by atomic mass is 10.0. The molecule has 1 N–H and O–H groups in total. The standard InChI is InChI=1S/C25H22ClNO5/c1-31-24-10-6-5-9-20(24)27-21(15-22(28)17-7-3-2-4-8-17)25(30)32-16-23(29)18-11-13-19(26)14-12-18/h2-14,21,27H,15-16H2,1H3/t21-/m0/s1. The van der Waals surface area contributed by atoms with E-state index < -0.39 is 18.6 Å². The van der Waals surface area contributed by atoms with Crippen molar-refractivity contribution in [3.63, 3.8) is 0 Å². The van der Waals surface area contributed by atoms with Gasteiger partial charge in [0.15, 0.2) is 18.2 Å². The SMILES string of the molecule is COc1ccccc1N[C@@H](CC(=O)c1ccccc1)C(=O)OCC(=O)c1ccc(Cl)cc1. The number of halogens is 1. The molecule has 0 aliphatic rings. The Morgan fingerprint density at radius 1 is 0.844 bits per heavy atom. The van der Waals surface area contributed by atoms with E-state index in [4.69, 9.17) is 21.1 Å². The Bertz CT molecular complexity index is 1080. The molecule has 7 heteroatoms. The molecule has 32 heavy (non-hydrogen) atoms. The van der Waals surface area contributed by atoms with E-state index in [9.17, 15) is 14.4 Å². The zero-order chi connectivity index (χ0) is 22.9. The maximum atomic E-state index is 12.9. The van der Waals surface area contributed by atoms with Crippen molar-refractivity contribution in [2.75, 3.05) is 19.0 Å². The number of carbonyl (C=O) groups is 3. The molecule has 3 rings (SSSR count). The van der Waals surface area contributed by atoms with Crippen LogP contribution in [0.3, 0.4) is 0 Å². The Hall–Kier alpha value is -3.64. The summed E-state index contributed by atoms with van der Waals surface area (Å²) in [7, 11) is 1.51. The van der Waals surface area contributed by atoms with Crippen molar-refractivity contribution in [2.45, 2.75) is 12.5 Å². The van der Waals surface area contributed by atoms with Gasteiger partial charge in [-0.05, 0) is 36.4 Å². The third-order valence-corrected chi connectivity index (χ3v) is 4.97. The van der Waals surface area contributed by atoms with E-state index >= 15 is 0 Å². The van der Waals surface area contributed by atoms with Crippen molar-refractivity contribution >= 4 is 34.8 Å². The lowest BCUT2D eigenvalue weighted by molar-refractivity contribution is -0.143. The van der Waals surface area contributed by atoms with Crippen LogP contribution in [0, 0.1) is 0 Å². The minimum Gasteiger partial charge on any atom is -0.495 e. The Labute approximate surface area is 191 Å². The van der Waals surface area contributed by atoms with E-state index in [0.29, 0.717) is 27.6 Å². The van der Waals surface area contributed by atoms with E-state index in [0.717, 1.165) is 0 Å². The number of esters is 1. The van der Waals surface area contributed by atoms with Gasteiger partial charge in [-0.1, -0.05) is 54.1 Å². The predicted molar refractivity (Wildman–Crippen MR) is 123 cm³/mol. The minimum atomic E-state index is -1.02. The zero-order valence-electron chi connectivity index (χ0n) is 17.4. The molecule has 0 amide bonds. The summed E-state index contributed by atoms with van der Waals surface area (Å²) in [6, 6.07) is 20.9. The van der Waals surface area contributed by atoms with Gasteiger partial charge >= 0.3 is 5.97 Å². The van der Waals surface area contributed by atoms with Crippen LogP contribution in [-0.2, 0) is 9.53 Å². The van der Waals surface area contributed by atoms with Crippen LogP contribution in [0.1, 0.15) is 27.1 Å². The smallest absolute Gasteiger partial charge is 0.329 e. The highest BCUT2D eigenvalue weighted by Crippen LogP contribution is 2.25.